The van der Waals surface area contributed by atoms with E-state index in [2.05, 4.69) is 4.99 Å². The van der Waals surface area contributed by atoms with Crippen molar-refractivity contribution in [3.8, 4) is 17.2 Å². The van der Waals surface area contributed by atoms with Crippen LogP contribution in [-0.4, -0.2) is 30.4 Å². The zero-order valence-corrected chi connectivity index (χ0v) is 28.8. The van der Waals surface area contributed by atoms with Crippen molar-refractivity contribution in [2.45, 2.75) is 46.4 Å². The van der Waals surface area contributed by atoms with Gasteiger partial charge in [-0.15, -0.1) is 0 Å². The smallest absolute Gasteiger partial charge is 0.338 e. The van der Waals surface area contributed by atoms with E-state index >= 15 is 0 Å². The van der Waals surface area contributed by atoms with Crippen LogP contribution in [0.4, 0.5) is 0 Å². The Morgan fingerprint density at radius 1 is 1.02 bits per heavy atom. The van der Waals surface area contributed by atoms with E-state index < -0.39 is 12.0 Å². The van der Waals surface area contributed by atoms with Gasteiger partial charge in [0.15, 0.2) is 16.3 Å². The molecule has 4 aromatic rings. The van der Waals surface area contributed by atoms with Crippen molar-refractivity contribution < 1.29 is 23.7 Å². The van der Waals surface area contributed by atoms with Gasteiger partial charge >= 0.3 is 5.97 Å². The van der Waals surface area contributed by atoms with E-state index in [-0.39, 0.29) is 30.5 Å². The SMILES string of the molecule is CCOC(=O)C1=C(C)N=c2s/c(=C/c3cc(Cl)ccc3OCc3ccc(Cl)c(Cl)c3)c(=O)n2[C@H]1c1ccc(OC(C)C)c(OC)c1. The molecule has 12 heteroatoms. The number of esters is 1. The third kappa shape index (κ3) is 7.13. The van der Waals surface area contributed by atoms with Gasteiger partial charge in [0.2, 0.25) is 0 Å². The van der Waals surface area contributed by atoms with Crippen molar-refractivity contribution in [1.29, 1.82) is 0 Å². The summed E-state index contributed by atoms with van der Waals surface area (Å²) in [6.45, 7) is 7.67. The van der Waals surface area contributed by atoms with Crippen LogP contribution < -0.4 is 29.1 Å². The Labute approximate surface area is 285 Å². The van der Waals surface area contributed by atoms with Crippen molar-refractivity contribution in [2.75, 3.05) is 13.7 Å². The predicted octanol–water partition coefficient (Wildman–Crippen LogP) is 7.13. The van der Waals surface area contributed by atoms with Crippen LogP contribution in [0, 0.1) is 0 Å². The lowest BCUT2D eigenvalue weighted by Crippen LogP contribution is -2.40. The number of benzene rings is 3. The van der Waals surface area contributed by atoms with Crippen molar-refractivity contribution in [2.24, 2.45) is 4.99 Å². The summed E-state index contributed by atoms with van der Waals surface area (Å²) in [5.74, 6) is 0.958. The molecule has 0 amide bonds. The fraction of sp³-hybridized carbons (Fsp3) is 0.265. The van der Waals surface area contributed by atoms with Gasteiger partial charge in [-0.1, -0.05) is 58.3 Å². The maximum atomic E-state index is 14.2. The van der Waals surface area contributed by atoms with Gasteiger partial charge in [0.05, 0.1) is 51.7 Å². The molecule has 1 aliphatic rings. The number of ether oxygens (including phenoxy) is 4. The first-order chi connectivity index (χ1) is 22.0. The third-order valence-electron chi connectivity index (χ3n) is 7.02. The Bertz CT molecular complexity index is 2020. The Hall–Kier alpha value is -3.76. The molecule has 0 bridgehead atoms. The molecule has 0 N–H and O–H groups in total. The molecule has 240 valence electrons. The molecule has 46 heavy (non-hydrogen) atoms. The van der Waals surface area contributed by atoms with Gasteiger partial charge in [0, 0.05) is 10.6 Å². The highest BCUT2D eigenvalue weighted by Crippen LogP contribution is 2.36. The minimum absolute atomic E-state index is 0.0843. The average molecular weight is 702 g/mol. The predicted molar refractivity (Wildman–Crippen MR) is 181 cm³/mol. The van der Waals surface area contributed by atoms with Gasteiger partial charge in [0.1, 0.15) is 12.4 Å². The number of nitrogens with zero attached hydrogens (tertiary/aromatic N) is 2. The number of methoxy groups -OCH3 is 1. The number of halogens is 3. The van der Waals surface area contributed by atoms with Crippen LogP contribution in [0.15, 0.2) is 75.7 Å². The second-order valence-corrected chi connectivity index (χ2v) is 12.9. The van der Waals surface area contributed by atoms with Gasteiger partial charge in [-0.2, -0.15) is 0 Å². The van der Waals surface area contributed by atoms with Crippen LogP contribution in [0.25, 0.3) is 6.08 Å². The number of fused-ring (bicyclic) bond motifs is 1. The first-order valence-corrected chi connectivity index (χ1v) is 16.4. The normalized spacial score (nSPS) is 14.6. The highest BCUT2D eigenvalue weighted by Gasteiger charge is 2.34. The molecule has 0 saturated carbocycles. The molecule has 1 aromatic heterocycles. The van der Waals surface area contributed by atoms with Crippen molar-refractivity contribution in [3.63, 3.8) is 0 Å². The molecule has 8 nitrogen and oxygen atoms in total. The lowest BCUT2D eigenvalue weighted by molar-refractivity contribution is -0.139. The first kappa shape index (κ1) is 33.6. The Balaban J connectivity index is 1.63. The molecular weight excluding hydrogens is 671 g/mol. The van der Waals surface area contributed by atoms with Crippen LogP contribution >= 0.6 is 46.1 Å². The van der Waals surface area contributed by atoms with Gasteiger partial charge in [-0.3, -0.25) is 9.36 Å². The number of rotatable bonds is 10. The molecule has 0 unspecified atom stereocenters. The second-order valence-electron chi connectivity index (χ2n) is 10.6. The Morgan fingerprint density at radius 2 is 1.78 bits per heavy atom. The second kappa shape index (κ2) is 14.3. The molecule has 1 atom stereocenters. The van der Waals surface area contributed by atoms with E-state index in [9.17, 15) is 9.59 Å². The summed E-state index contributed by atoms with van der Waals surface area (Å²) < 4.78 is 25.0. The Kier molecular flexibility index (Phi) is 10.5. The largest absolute Gasteiger partial charge is 0.493 e. The number of hydrogen-bond acceptors (Lipinski definition) is 8. The van der Waals surface area contributed by atoms with E-state index in [1.165, 1.54) is 23.0 Å². The summed E-state index contributed by atoms with van der Waals surface area (Å²) in [5.41, 5.74) is 2.40. The number of allylic oxidation sites excluding steroid dienone is 1. The zero-order chi connectivity index (χ0) is 33.1. The highest BCUT2D eigenvalue weighted by atomic mass is 35.5. The molecule has 3 aromatic carbocycles. The van der Waals surface area contributed by atoms with E-state index in [0.717, 1.165) is 5.56 Å². The van der Waals surface area contributed by atoms with E-state index in [0.29, 0.717) is 58.5 Å². The molecule has 1 aliphatic heterocycles. The van der Waals surface area contributed by atoms with Crippen molar-refractivity contribution in [1.82, 2.24) is 4.57 Å². The van der Waals surface area contributed by atoms with Crippen LogP contribution in [0.5, 0.6) is 17.2 Å². The number of aromatic nitrogens is 1. The molecule has 5 rings (SSSR count). The van der Waals surface area contributed by atoms with Gasteiger partial charge in [0.25, 0.3) is 5.56 Å². The maximum Gasteiger partial charge on any atom is 0.338 e. The lowest BCUT2D eigenvalue weighted by atomic mass is 9.95. The minimum Gasteiger partial charge on any atom is -0.493 e. The lowest BCUT2D eigenvalue weighted by Gasteiger charge is -2.25. The van der Waals surface area contributed by atoms with E-state index in [1.807, 2.05) is 26.0 Å². The monoisotopic (exact) mass is 700 g/mol. The fourth-order valence-electron chi connectivity index (χ4n) is 5.01. The topological polar surface area (TPSA) is 88.4 Å². The number of carbonyl (C=O) groups excluding carboxylic acids is 1. The maximum absolute atomic E-state index is 14.2. The number of thiazole rings is 1. The summed E-state index contributed by atoms with van der Waals surface area (Å²) in [6, 6.07) is 14.9. The van der Waals surface area contributed by atoms with Gasteiger partial charge in [-0.05, 0) is 87.4 Å². The molecule has 0 saturated heterocycles. The van der Waals surface area contributed by atoms with E-state index in [4.69, 9.17) is 53.8 Å². The average Bonchev–Trinajstić information content (AvgIpc) is 3.31. The van der Waals surface area contributed by atoms with E-state index in [1.54, 1.807) is 62.4 Å². The van der Waals surface area contributed by atoms with Crippen molar-refractivity contribution in [3.05, 3.63) is 117 Å². The molecular formula is C34H31Cl3N2O6S. The molecule has 2 heterocycles. The number of hydrogen-bond donors (Lipinski definition) is 0. The summed E-state index contributed by atoms with van der Waals surface area (Å²) >= 11 is 19.8. The van der Waals surface area contributed by atoms with Crippen LogP contribution in [0.2, 0.25) is 15.1 Å². The van der Waals surface area contributed by atoms with Gasteiger partial charge in [-0.25, -0.2) is 9.79 Å². The first-order valence-electron chi connectivity index (χ1n) is 14.4. The zero-order valence-electron chi connectivity index (χ0n) is 25.7. The van der Waals surface area contributed by atoms with Crippen LogP contribution in [0.1, 0.15) is 50.4 Å². The number of carbonyl (C=O) groups is 1. The summed E-state index contributed by atoms with van der Waals surface area (Å²) in [7, 11) is 1.54. The molecule has 0 fully saturated rings. The van der Waals surface area contributed by atoms with Crippen LogP contribution in [-0.2, 0) is 16.1 Å². The molecule has 0 spiro atoms. The standard InChI is InChI=1S/C34H31Cl3N2O6S/c1-6-43-33(41)30-19(4)38-34-39(31(30)21-8-11-27(45-18(2)3)28(15-21)42-5)32(40)29(46-34)16-22-14-23(35)9-12-26(22)44-17-20-7-10-24(36)25(37)13-20/h7-16,18,31H,6,17H2,1-5H3/b29-16+/t31-/m0/s1. The summed E-state index contributed by atoms with van der Waals surface area (Å²) in [4.78, 5) is 32.6. The quantitative estimate of drug-likeness (QED) is 0.164. The van der Waals surface area contributed by atoms with Crippen molar-refractivity contribution >= 4 is 58.2 Å². The minimum atomic E-state index is -0.829. The van der Waals surface area contributed by atoms with Gasteiger partial charge < -0.3 is 18.9 Å². The van der Waals surface area contributed by atoms with Crippen LogP contribution in [0.3, 0.4) is 0 Å². The fourth-order valence-corrected chi connectivity index (χ4v) is 6.55. The summed E-state index contributed by atoms with van der Waals surface area (Å²) in [5, 5.41) is 1.34. The molecule has 0 radical (unpaired) electrons. The Morgan fingerprint density at radius 3 is 2.48 bits per heavy atom. The molecule has 0 aliphatic carbocycles. The third-order valence-corrected chi connectivity index (χ3v) is 8.98. The highest BCUT2D eigenvalue weighted by molar-refractivity contribution is 7.07. The summed E-state index contributed by atoms with van der Waals surface area (Å²) in [6.07, 6.45) is 1.62.